The van der Waals surface area contributed by atoms with Crippen LogP contribution in [0.4, 0.5) is 5.69 Å². The summed E-state index contributed by atoms with van der Waals surface area (Å²) in [6.45, 7) is 3.48. The second-order valence-electron chi connectivity index (χ2n) is 12.1. The summed E-state index contributed by atoms with van der Waals surface area (Å²) in [5.41, 5.74) is -0.787. The number of halogens is 2. The Morgan fingerprint density at radius 2 is 1.82 bits per heavy atom. The topological polar surface area (TPSA) is 83.9 Å². The summed E-state index contributed by atoms with van der Waals surface area (Å²) < 4.78 is 5.37. The number of benzene rings is 1. The number of aliphatic hydroxyl groups is 1. The molecular formula is C30H35Cl2NO5. The number of esters is 1. The highest BCUT2D eigenvalue weighted by atomic mass is 35.5. The molecule has 0 spiro atoms. The van der Waals surface area contributed by atoms with Crippen LogP contribution in [-0.2, 0) is 14.3 Å². The number of carbonyl (C=O) groups excluding carboxylic acids is 3. The molecule has 0 heterocycles. The van der Waals surface area contributed by atoms with E-state index in [0.717, 1.165) is 24.1 Å². The van der Waals surface area contributed by atoms with Crippen LogP contribution in [0.25, 0.3) is 0 Å². The number of alkyl halides is 2. The third-order valence-corrected chi connectivity index (χ3v) is 11.7. The first-order chi connectivity index (χ1) is 17.8. The van der Waals surface area contributed by atoms with Crippen molar-refractivity contribution in [2.75, 3.05) is 25.6 Å². The van der Waals surface area contributed by atoms with E-state index in [1.165, 1.54) is 0 Å². The van der Waals surface area contributed by atoms with Gasteiger partial charge in [-0.1, -0.05) is 25.5 Å². The first kappa shape index (κ1) is 27.4. The van der Waals surface area contributed by atoms with Gasteiger partial charge in [0.05, 0.1) is 15.8 Å². The first-order valence-electron chi connectivity index (χ1n) is 13.3. The Labute approximate surface area is 234 Å². The van der Waals surface area contributed by atoms with E-state index in [4.69, 9.17) is 27.9 Å². The molecule has 3 saturated carbocycles. The Morgan fingerprint density at radius 1 is 1.13 bits per heavy atom. The molecule has 7 atom stereocenters. The largest absolute Gasteiger partial charge is 0.454 e. The molecule has 0 radical (unpaired) electrons. The number of fused-ring (bicyclic) bond motifs is 5. The molecule has 4 aliphatic carbocycles. The first-order valence-corrected chi connectivity index (χ1v) is 14.1. The number of ketones is 2. The highest BCUT2D eigenvalue weighted by molar-refractivity contribution is 6.34. The SMILES string of the molecule is CN(C)c1ccc(C(=O)OCC(=O)[C@@]2(O)CCC3C4CCC5=CC(=O)C=C[C@]5(C)[C@@]4(Cl)[C@@H](Cl)C[C@@]32C)cc1. The highest BCUT2D eigenvalue weighted by Crippen LogP contribution is 2.71. The van der Waals surface area contributed by atoms with Crippen LogP contribution in [0.5, 0.6) is 0 Å². The van der Waals surface area contributed by atoms with Crippen molar-refractivity contribution in [2.45, 2.75) is 61.8 Å². The molecule has 0 amide bonds. The molecule has 8 heteroatoms. The van der Waals surface area contributed by atoms with Gasteiger partial charge in [0.15, 0.2) is 12.4 Å². The maximum Gasteiger partial charge on any atom is 0.338 e. The quantitative estimate of drug-likeness (QED) is 0.399. The molecule has 5 rings (SSSR count). The molecule has 6 nitrogen and oxygen atoms in total. The zero-order valence-electron chi connectivity index (χ0n) is 22.3. The summed E-state index contributed by atoms with van der Waals surface area (Å²) in [6, 6.07) is 6.92. The number of allylic oxidation sites excluding steroid dienone is 4. The minimum absolute atomic E-state index is 0.0352. The molecule has 4 aliphatic rings. The van der Waals surface area contributed by atoms with Crippen LogP contribution >= 0.6 is 23.2 Å². The number of hydrogen-bond donors (Lipinski definition) is 1. The molecule has 0 aromatic heterocycles. The van der Waals surface area contributed by atoms with E-state index in [0.29, 0.717) is 18.4 Å². The maximum absolute atomic E-state index is 13.5. The lowest BCUT2D eigenvalue weighted by Crippen LogP contribution is -2.67. The zero-order valence-corrected chi connectivity index (χ0v) is 23.8. The predicted octanol–water partition coefficient (Wildman–Crippen LogP) is 5.10. The Hall–Kier alpha value is -2.15. The third kappa shape index (κ3) is 3.74. The van der Waals surface area contributed by atoms with Gasteiger partial charge in [0.1, 0.15) is 5.60 Å². The fraction of sp³-hybridized carbons (Fsp3) is 0.567. The van der Waals surface area contributed by atoms with Gasteiger partial charge in [0.2, 0.25) is 5.78 Å². The lowest BCUT2D eigenvalue weighted by molar-refractivity contribution is -0.161. The van der Waals surface area contributed by atoms with E-state index in [-0.39, 0.29) is 24.0 Å². The van der Waals surface area contributed by atoms with Gasteiger partial charge >= 0.3 is 5.97 Å². The van der Waals surface area contributed by atoms with E-state index in [1.807, 2.05) is 32.0 Å². The summed E-state index contributed by atoms with van der Waals surface area (Å²) >= 11 is 14.6. The van der Waals surface area contributed by atoms with Crippen molar-refractivity contribution < 1.29 is 24.2 Å². The normalized spacial score (nSPS) is 39.5. The van der Waals surface area contributed by atoms with Crippen molar-refractivity contribution in [3.63, 3.8) is 0 Å². The molecule has 2 unspecified atom stereocenters. The molecule has 0 bridgehead atoms. The van der Waals surface area contributed by atoms with Gasteiger partial charge in [-0.05, 0) is 80.4 Å². The number of hydrogen-bond acceptors (Lipinski definition) is 6. The van der Waals surface area contributed by atoms with E-state index in [9.17, 15) is 19.5 Å². The van der Waals surface area contributed by atoms with Gasteiger partial charge in [-0.3, -0.25) is 9.59 Å². The van der Waals surface area contributed by atoms with Crippen LogP contribution < -0.4 is 4.90 Å². The van der Waals surface area contributed by atoms with E-state index >= 15 is 0 Å². The van der Waals surface area contributed by atoms with Gasteiger partial charge in [0.25, 0.3) is 0 Å². The van der Waals surface area contributed by atoms with Crippen LogP contribution in [0.15, 0.2) is 48.1 Å². The fourth-order valence-corrected chi connectivity index (χ4v) is 9.07. The molecule has 1 aromatic carbocycles. The number of carbonyl (C=O) groups is 3. The summed E-state index contributed by atoms with van der Waals surface area (Å²) in [7, 11) is 3.81. The minimum Gasteiger partial charge on any atom is -0.454 e. The lowest BCUT2D eigenvalue weighted by Gasteiger charge is -2.63. The predicted molar refractivity (Wildman–Crippen MR) is 148 cm³/mol. The fourth-order valence-electron chi connectivity index (χ4n) is 7.84. The van der Waals surface area contributed by atoms with Gasteiger partial charge in [-0.25, -0.2) is 4.79 Å². The van der Waals surface area contributed by atoms with Gasteiger partial charge < -0.3 is 14.7 Å². The maximum atomic E-state index is 13.5. The number of anilines is 1. The second kappa shape index (κ2) is 9.21. The molecule has 204 valence electrons. The smallest absolute Gasteiger partial charge is 0.338 e. The van der Waals surface area contributed by atoms with Crippen molar-refractivity contribution in [1.82, 2.24) is 0 Å². The van der Waals surface area contributed by atoms with Crippen molar-refractivity contribution in [3.8, 4) is 0 Å². The van der Waals surface area contributed by atoms with Gasteiger partial charge in [0, 0.05) is 30.6 Å². The standard InChI is InChI=1S/C30H35Cl2NO5/c1-27-13-11-21(34)15-19(27)7-10-23-22-12-14-29(37,28(22,2)16-24(31)30(23,27)32)25(35)17-38-26(36)18-5-8-20(9-6-18)33(3)4/h5-6,8-9,11,13,15,22-24,37H,7,10,12,14,16-17H2,1-4H3/t22?,23?,24-,27-,28-,29-,30-/m0/s1. The van der Waals surface area contributed by atoms with E-state index in [2.05, 4.69) is 6.92 Å². The number of nitrogens with zero attached hydrogens (tertiary/aromatic N) is 1. The Bertz CT molecular complexity index is 1240. The monoisotopic (exact) mass is 559 g/mol. The lowest BCUT2D eigenvalue weighted by atomic mass is 9.46. The Balaban J connectivity index is 1.36. The minimum atomic E-state index is -1.67. The van der Waals surface area contributed by atoms with Crippen LogP contribution in [0.3, 0.4) is 0 Å². The van der Waals surface area contributed by atoms with Crippen LogP contribution in [0.2, 0.25) is 0 Å². The second-order valence-corrected chi connectivity index (χ2v) is 13.2. The van der Waals surface area contributed by atoms with Crippen LogP contribution in [0, 0.1) is 22.7 Å². The van der Waals surface area contributed by atoms with Crippen LogP contribution in [-0.4, -0.2) is 59.2 Å². The van der Waals surface area contributed by atoms with Crippen molar-refractivity contribution in [2.24, 2.45) is 22.7 Å². The number of Topliss-reactive ketones (excluding diaryl/α,β-unsaturated/α-hetero) is 1. The summed E-state index contributed by atoms with van der Waals surface area (Å²) in [4.78, 5) is 39.3. The zero-order chi connectivity index (χ0) is 27.7. The van der Waals surface area contributed by atoms with E-state index < -0.39 is 45.0 Å². The molecule has 1 aromatic rings. The molecule has 1 N–H and O–H groups in total. The summed E-state index contributed by atoms with van der Waals surface area (Å²) in [5.74, 6) is -1.24. The van der Waals surface area contributed by atoms with Crippen LogP contribution in [0.1, 0.15) is 56.3 Å². The molecule has 0 aliphatic heterocycles. The number of ether oxygens (including phenoxy) is 1. The molecular weight excluding hydrogens is 525 g/mol. The summed E-state index contributed by atoms with van der Waals surface area (Å²) in [5, 5.41) is 11.4. The van der Waals surface area contributed by atoms with Gasteiger partial charge in [-0.15, -0.1) is 23.2 Å². The van der Waals surface area contributed by atoms with Crippen molar-refractivity contribution in [1.29, 1.82) is 0 Å². The average molecular weight is 561 g/mol. The average Bonchev–Trinajstić information content (AvgIpc) is 3.14. The van der Waals surface area contributed by atoms with E-state index in [1.54, 1.807) is 36.4 Å². The molecule has 0 saturated heterocycles. The molecule has 38 heavy (non-hydrogen) atoms. The number of rotatable bonds is 5. The molecule has 3 fully saturated rings. The van der Waals surface area contributed by atoms with Crippen molar-refractivity contribution >= 4 is 46.4 Å². The third-order valence-electron chi connectivity index (χ3n) is 10.2. The van der Waals surface area contributed by atoms with Gasteiger partial charge in [-0.2, -0.15) is 0 Å². The van der Waals surface area contributed by atoms with Crippen molar-refractivity contribution in [3.05, 3.63) is 53.6 Å². The summed E-state index contributed by atoms with van der Waals surface area (Å²) in [6.07, 6.45) is 7.85. The Kier molecular flexibility index (Phi) is 6.64. The highest BCUT2D eigenvalue weighted by Gasteiger charge is 2.72. The Morgan fingerprint density at radius 3 is 2.47 bits per heavy atom.